The first kappa shape index (κ1) is 40.8. The highest BCUT2D eigenvalue weighted by molar-refractivity contribution is 5.04. The molecule has 0 aromatic carbocycles. The molecule has 4 aliphatic rings. The van der Waals surface area contributed by atoms with Gasteiger partial charge in [0.1, 0.15) is 54.8 Å². The summed E-state index contributed by atoms with van der Waals surface area (Å²) in [6, 6.07) is -6.05. The molecule has 29 nitrogen and oxygen atoms in total. The summed E-state index contributed by atoms with van der Waals surface area (Å²) in [4.78, 5) is 13.2. The van der Waals surface area contributed by atoms with Crippen LogP contribution in [0.2, 0.25) is 0 Å². The Morgan fingerprint density at radius 2 is 0.981 bits per heavy atom. The van der Waals surface area contributed by atoms with E-state index in [-0.39, 0.29) is 6.42 Å². The minimum absolute atomic E-state index is 0.364. The highest BCUT2D eigenvalue weighted by Gasteiger charge is 2.55. The van der Waals surface area contributed by atoms with Gasteiger partial charge in [0.15, 0.2) is 18.9 Å². The molecule has 4 fully saturated rings. The van der Waals surface area contributed by atoms with Gasteiger partial charge in [0.05, 0.1) is 62.4 Å². The minimum atomic E-state index is -1.92. The third kappa shape index (κ3) is 8.61. The molecule has 3 heterocycles. The second kappa shape index (κ2) is 18.7. The van der Waals surface area contributed by atoms with E-state index in [9.17, 15) is 46.4 Å². The van der Waals surface area contributed by atoms with Crippen LogP contribution in [-0.4, -0.2) is 177 Å². The van der Waals surface area contributed by atoms with Crippen molar-refractivity contribution >= 4 is 0 Å². The van der Waals surface area contributed by atoms with Crippen molar-refractivity contribution in [1.82, 2.24) is 0 Å². The predicted octanol–water partition coefficient (Wildman–Crippen LogP) is -2.10. The summed E-state index contributed by atoms with van der Waals surface area (Å²) in [7, 11) is 0. The average Bonchev–Trinajstić information content (AvgIpc) is 3.43. The SMILES string of the molecule is [N-]=[N+]=NCC1OC(OC2C(CO)OC(OC3C(O)C(N=[N+]=[N-])CC(N=[N+]=[N-])C3OC3OC(CO)C(O)C(O)C3N=[N+]=[N-])C2O)C(N=[N+]=[N-])C(O)C1O. The standard InChI is InChI=1S/C23H35N15O14/c24-34-29-2-7-13(42)15(44)10(32-37-27)21(47-7)51-19-9(4-40)49-23(17(19)46)52-20-12(41)5(30-35-25)1-6(31-36-26)18(20)50-22-11(33-38-28)16(45)14(43)8(3-39)48-22/h5-23,39-46H,1-4H2. The molecule has 0 amide bonds. The number of hydrogen-bond acceptors (Lipinski definition) is 19. The van der Waals surface area contributed by atoms with E-state index in [1.165, 1.54) is 0 Å². The maximum Gasteiger partial charge on any atom is 0.187 e. The molecule has 8 N–H and O–H groups in total. The van der Waals surface area contributed by atoms with Crippen molar-refractivity contribution in [1.29, 1.82) is 0 Å². The Morgan fingerprint density at radius 3 is 1.52 bits per heavy atom. The number of rotatable bonds is 14. The number of nitrogens with zero attached hydrogens (tertiary/aromatic N) is 15. The molecule has 0 bridgehead atoms. The largest absolute Gasteiger partial charge is 0.394 e. The number of ether oxygens (including phenoxy) is 6. The van der Waals surface area contributed by atoms with E-state index in [0.717, 1.165) is 0 Å². The molecular formula is C23H35N15O14. The van der Waals surface area contributed by atoms with Gasteiger partial charge >= 0.3 is 0 Å². The Hall–Kier alpha value is -4.01. The fourth-order valence-corrected chi connectivity index (χ4v) is 6.28. The van der Waals surface area contributed by atoms with Crippen molar-refractivity contribution < 1.29 is 69.3 Å². The molecule has 0 aromatic heterocycles. The van der Waals surface area contributed by atoms with Crippen LogP contribution in [0.15, 0.2) is 25.6 Å². The normalized spacial score (nSPS) is 44.5. The Bertz CT molecular complexity index is 1470. The van der Waals surface area contributed by atoms with E-state index in [1.54, 1.807) is 0 Å². The van der Waals surface area contributed by atoms with E-state index >= 15 is 0 Å². The minimum Gasteiger partial charge on any atom is -0.394 e. The van der Waals surface area contributed by atoms with Crippen LogP contribution in [0, 0.1) is 0 Å². The zero-order valence-electron chi connectivity index (χ0n) is 26.5. The molecule has 52 heavy (non-hydrogen) atoms. The van der Waals surface area contributed by atoms with E-state index in [0.29, 0.717) is 0 Å². The van der Waals surface area contributed by atoms with Crippen LogP contribution in [0.4, 0.5) is 0 Å². The third-order valence-electron chi connectivity index (χ3n) is 8.87. The number of hydrogen-bond donors (Lipinski definition) is 8. The highest BCUT2D eigenvalue weighted by atomic mass is 16.8. The van der Waals surface area contributed by atoms with Crippen molar-refractivity contribution in [3.63, 3.8) is 0 Å². The van der Waals surface area contributed by atoms with Crippen molar-refractivity contribution in [2.24, 2.45) is 25.6 Å². The smallest absolute Gasteiger partial charge is 0.187 e. The summed E-state index contributed by atoms with van der Waals surface area (Å²) in [5, 5.41) is 102. The monoisotopic (exact) mass is 745 g/mol. The lowest BCUT2D eigenvalue weighted by Crippen LogP contribution is -2.63. The van der Waals surface area contributed by atoms with Crippen LogP contribution in [-0.2, 0) is 28.4 Å². The summed E-state index contributed by atoms with van der Waals surface area (Å²) >= 11 is 0. The van der Waals surface area contributed by atoms with Crippen LogP contribution in [0.3, 0.4) is 0 Å². The summed E-state index contributed by atoms with van der Waals surface area (Å²) < 4.78 is 34.4. The van der Waals surface area contributed by atoms with Gasteiger partial charge in [0, 0.05) is 24.6 Å². The van der Waals surface area contributed by atoms with E-state index in [2.05, 4.69) is 50.1 Å². The van der Waals surface area contributed by atoms with Crippen molar-refractivity contribution in [2.75, 3.05) is 19.8 Å². The van der Waals surface area contributed by atoms with Gasteiger partial charge in [-0.25, -0.2) is 0 Å². The predicted molar refractivity (Wildman–Crippen MR) is 161 cm³/mol. The molecular weight excluding hydrogens is 710 g/mol. The molecule has 29 heteroatoms. The molecule has 3 aliphatic heterocycles. The Kier molecular flexibility index (Phi) is 14.6. The van der Waals surface area contributed by atoms with Crippen LogP contribution >= 0.6 is 0 Å². The second-order valence-electron chi connectivity index (χ2n) is 11.8. The number of azide groups is 5. The molecule has 0 spiro atoms. The average molecular weight is 746 g/mol. The Balaban J connectivity index is 1.65. The fraction of sp³-hybridized carbons (Fsp3) is 1.00. The molecule has 3 saturated heterocycles. The van der Waals surface area contributed by atoms with Crippen molar-refractivity contribution in [2.45, 2.75) is 123 Å². The van der Waals surface area contributed by atoms with Gasteiger partial charge in [-0.1, -0.05) is 25.6 Å². The second-order valence-corrected chi connectivity index (χ2v) is 11.8. The maximum absolute atomic E-state index is 11.3. The summed E-state index contributed by atoms with van der Waals surface area (Å²) in [5.41, 5.74) is 45.3. The quantitative estimate of drug-likeness (QED) is 0.0536. The van der Waals surface area contributed by atoms with Crippen LogP contribution in [0.5, 0.6) is 0 Å². The molecule has 286 valence electrons. The van der Waals surface area contributed by atoms with Gasteiger partial charge in [-0.2, -0.15) is 0 Å². The van der Waals surface area contributed by atoms with Crippen molar-refractivity contribution in [3.05, 3.63) is 52.2 Å². The first-order valence-corrected chi connectivity index (χ1v) is 15.4. The summed E-state index contributed by atoms with van der Waals surface area (Å²) in [6.07, 6.45) is -26.0. The molecule has 19 atom stereocenters. The zero-order valence-corrected chi connectivity index (χ0v) is 26.5. The highest BCUT2D eigenvalue weighted by Crippen LogP contribution is 2.37. The van der Waals surface area contributed by atoms with E-state index < -0.39 is 136 Å². The molecule has 19 unspecified atom stereocenters. The molecule has 1 aliphatic carbocycles. The van der Waals surface area contributed by atoms with Gasteiger partial charge in [-0.05, 0) is 34.1 Å². The van der Waals surface area contributed by atoms with Gasteiger partial charge in [0.2, 0.25) is 0 Å². The molecule has 1 saturated carbocycles. The first-order chi connectivity index (χ1) is 25.0. The van der Waals surface area contributed by atoms with Crippen LogP contribution < -0.4 is 0 Å². The van der Waals surface area contributed by atoms with Crippen molar-refractivity contribution in [3.8, 4) is 0 Å². The lowest BCUT2D eigenvalue weighted by molar-refractivity contribution is -0.310. The summed E-state index contributed by atoms with van der Waals surface area (Å²) in [6.45, 7) is -2.21. The Morgan fingerprint density at radius 1 is 0.500 bits per heavy atom. The third-order valence-corrected chi connectivity index (χ3v) is 8.87. The van der Waals surface area contributed by atoms with Gasteiger partial charge < -0.3 is 69.3 Å². The lowest BCUT2D eigenvalue weighted by atomic mass is 9.84. The zero-order chi connectivity index (χ0) is 38.1. The molecule has 0 aromatic rings. The van der Waals surface area contributed by atoms with Gasteiger partial charge in [-0.15, -0.1) is 0 Å². The molecule has 0 radical (unpaired) electrons. The van der Waals surface area contributed by atoms with Gasteiger partial charge in [-0.3, -0.25) is 0 Å². The van der Waals surface area contributed by atoms with E-state index in [1.807, 2.05) is 0 Å². The summed E-state index contributed by atoms with van der Waals surface area (Å²) in [5.74, 6) is 0. The number of aliphatic hydroxyl groups is 8. The topological polar surface area (TPSA) is 461 Å². The van der Waals surface area contributed by atoms with Crippen LogP contribution in [0.25, 0.3) is 52.2 Å². The van der Waals surface area contributed by atoms with Crippen LogP contribution in [0.1, 0.15) is 6.42 Å². The van der Waals surface area contributed by atoms with E-state index in [4.69, 9.17) is 50.5 Å². The lowest BCUT2D eigenvalue weighted by Gasteiger charge is -2.46. The molecule has 4 rings (SSSR count). The Labute approximate surface area is 289 Å². The number of aliphatic hydroxyl groups excluding tert-OH is 8. The maximum atomic E-state index is 11.3. The fourth-order valence-electron chi connectivity index (χ4n) is 6.28. The van der Waals surface area contributed by atoms with Gasteiger partial charge in [0.25, 0.3) is 0 Å². The first-order valence-electron chi connectivity index (χ1n) is 15.4.